The quantitative estimate of drug-likeness (QED) is 0.164. The molecule has 4 rings (SSSR count). The molecule has 7 nitrogen and oxygen atoms in total. The zero-order valence-electron chi connectivity index (χ0n) is 22.5. The second-order valence-corrected chi connectivity index (χ2v) is 8.45. The van der Waals surface area contributed by atoms with Crippen molar-refractivity contribution in [2.75, 3.05) is 25.6 Å². The third kappa shape index (κ3) is 8.43. The Kier molecular flexibility index (Phi) is 11.1. The lowest BCUT2D eigenvalue weighted by atomic mass is 10.0. The molecule has 0 aliphatic carbocycles. The lowest BCUT2D eigenvalue weighted by Gasteiger charge is -2.11. The van der Waals surface area contributed by atoms with Crippen molar-refractivity contribution in [3.8, 4) is 39.6 Å². The van der Waals surface area contributed by atoms with Crippen LogP contribution in [0.15, 0.2) is 84.9 Å². The van der Waals surface area contributed by atoms with Crippen molar-refractivity contribution in [2.24, 2.45) is 0 Å². The molecule has 0 spiro atoms. The van der Waals surface area contributed by atoms with Crippen LogP contribution in [0.1, 0.15) is 37.0 Å². The number of aldehydes is 1. The van der Waals surface area contributed by atoms with Gasteiger partial charge in [-0.2, -0.15) is 0 Å². The number of phenolic OH excluding ortho intramolecular Hbond substituents is 1. The van der Waals surface area contributed by atoms with Crippen LogP contribution < -0.4 is 14.8 Å². The highest BCUT2D eigenvalue weighted by Crippen LogP contribution is 2.30. The Morgan fingerprint density at radius 3 is 2.18 bits per heavy atom. The van der Waals surface area contributed by atoms with E-state index in [0.29, 0.717) is 30.3 Å². The monoisotopic (exact) mass is 526 g/mol. The number of aromatic nitrogens is 1. The van der Waals surface area contributed by atoms with Gasteiger partial charge in [-0.1, -0.05) is 42.5 Å². The molecule has 7 heteroatoms. The van der Waals surface area contributed by atoms with Gasteiger partial charge in [-0.05, 0) is 67.4 Å². The third-order valence-electron chi connectivity index (χ3n) is 5.71. The van der Waals surface area contributed by atoms with Crippen LogP contribution in [0.25, 0.3) is 22.4 Å². The summed E-state index contributed by atoms with van der Waals surface area (Å²) in [6.45, 7) is 4.81. The predicted octanol–water partition coefficient (Wildman–Crippen LogP) is 6.81. The molecule has 0 saturated carbocycles. The number of anilines is 1. The Labute approximate surface area is 229 Å². The number of carbonyl (C=O) groups excluding carboxylic acids is 2. The van der Waals surface area contributed by atoms with E-state index in [4.69, 9.17) is 9.47 Å². The topological polar surface area (TPSA) is 97.8 Å². The van der Waals surface area contributed by atoms with Crippen molar-refractivity contribution >= 4 is 17.9 Å². The van der Waals surface area contributed by atoms with Crippen molar-refractivity contribution < 1.29 is 24.2 Å². The molecule has 0 aliphatic rings. The first-order valence-electron chi connectivity index (χ1n) is 12.9. The molecule has 0 atom stereocenters. The molecule has 39 heavy (non-hydrogen) atoms. The van der Waals surface area contributed by atoms with Crippen LogP contribution >= 0.6 is 0 Å². The van der Waals surface area contributed by atoms with E-state index in [1.807, 2.05) is 69.4 Å². The van der Waals surface area contributed by atoms with E-state index in [9.17, 15) is 14.7 Å². The van der Waals surface area contributed by atoms with Gasteiger partial charge in [0, 0.05) is 31.0 Å². The molecule has 0 fully saturated rings. The number of pyridine rings is 1. The zero-order valence-corrected chi connectivity index (χ0v) is 22.5. The van der Waals surface area contributed by atoms with E-state index in [1.54, 1.807) is 30.3 Å². The van der Waals surface area contributed by atoms with Crippen molar-refractivity contribution in [1.29, 1.82) is 0 Å². The van der Waals surface area contributed by atoms with Gasteiger partial charge >= 0.3 is 0 Å². The first kappa shape index (κ1) is 28.9. The first-order chi connectivity index (χ1) is 19.0. The van der Waals surface area contributed by atoms with Crippen LogP contribution in [0.5, 0.6) is 17.2 Å². The molecule has 202 valence electrons. The molecule has 3 aromatic carbocycles. The second kappa shape index (κ2) is 14.9. The minimum atomic E-state index is -0.0638. The lowest BCUT2D eigenvalue weighted by molar-refractivity contribution is -0.107. The highest BCUT2D eigenvalue weighted by atomic mass is 16.5. The Balaban J connectivity index is 0.000000219. The van der Waals surface area contributed by atoms with Gasteiger partial charge in [-0.3, -0.25) is 4.79 Å². The summed E-state index contributed by atoms with van der Waals surface area (Å²) < 4.78 is 10.9. The molecular formula is C32H34N2O5. The van der Waals surface area contributed by atoms with Crippen LogP contribution in [-0.2, 0) is 4.79 Å². The molecular weight excluding hydrogens is 492 g/mol. The predicted molar refractivity (Wildman–Crippen MR) is 155 cm³/mol. The van der Waals surface area contributed by atoms with Crippen LogP contribution in [0, 0.1) is 0 Å². The van der Waals surface area contributed by atoms with Gasteiger partial charge in [0.25, 0.3) is 0 Å². The molecule has 0 bridgehead atoms. The number of hydrogen-bond donors (Lipinski definition) is 2. The molecule has 0 amide bonds. The number of hydrogen-bond acceptors (Lipinski definition) is 7. The maximum absolute atomic E-state index is 11.8. The molecule has 0 radical (unpaired) electrons. The number of ketones is 1. The minimum absolute atomic E-state index is 0.0638. The summed E-state index contributed by atoms with van der Waals surface area (Å²) in [5.41, 5.74) is 4.65. The molecule has 0 saturated heterocycles. The Morgan fingerprint density at radius 2 is 1.54 bits per heavy atom. The van der Waals surface area contributed by atoms with E-state index in [1.165, 1.54) is 0 Å². The SMILES string of the molecule is CCOc1ccc(C(=O)CCC=O)cc1OCC.CNc1cc(-c2ccc(O)cc2)cc(-c2ccccc2)n1. The summed E-state index contributed by atoms with van der Waals surface area (Å²) in [6, 6.07) is 26.4. The normalized spacial score (nSPS) is 10.1. The van der Waals surface area contributed by atoms with Crippen molar-refractivity contribution in [2.45, 2.75) is 26.7 Å². The molecule has 2 N–H and O–H groups in total. The van der Waals surface area contributed by atoms with E-state index in [-0.39, 0.29) is 24.4 Å². The number of phenols is 1. The minimum Gasteiger partial charge on any atom is -0.508 e. The van der Waals surface area contributed by atoms with Crippen molar-refractivity contribution in [3.63, 3.8) is 0 Å². The number of aromatic hydroxyl groups is 1. The Hall–Kier alpha value is -4.65. The highest BCUT2D eigenvalue weighted by Gasteiger charge is 2.11. The van der Waals surface area contributed by atoms with Gasteiger partial charge in [-0.15, -0.1) is 0 Å². The summed E-state index contributed by atoms with van der Waals surface area (Å²) in [7, 11) is 1.86. The number of nitrogens with zero attached hydrogens (tertiary/aromatic N) is 1. The molecule has 0 unspecified atom stereocenters. The lowest BCUT2D eigenvalue weighted by Crippen LogP contribution is -2.03. The molecule has 4 aromatic rings. The first-order valence-corrected chi connectivity index (χ1v) is 12.9. The van der Waals surface area contributed by atoms with Gasteiger partial charge < -0.3 is 24.7 Å². The Morgan fingerprint density at radius 1 is 0.846 bits per heavy atom. The maximum Gasteiger partial charge on any atom is 0.163 e. The van der Waals surface area contributed by atoms with Gasteiger partial charge in [0.15, 0.2) is 17.3 Å². The van der Waals surface area contributed by atoms with E-state index >= 15 is 0 Å². The van der Waals surface area contributed by atoms with E-state index < -0.39 is 0 Å². The van der Waals surface area contributed by atoms with Gasteiger partial charge in [0.1, 0.15) is 17.9 Å². The average molecular weight is 527 g/mol. The Bertz CT molecular complexity index is 1360. The summed E-state index contributed by atoms with van der Waals surface area (Å²) in [4.78, 5) is 26.6. The number of nitrogens with one attached hydrogen (secondary N) is 1. The largest absolute Gasteiger partial charge is 0.508 e. The third-order valence-corrected chi connectivity index (χ3v) is 5.71. The summed E-state index contributed by atoms with van der Waals surface area (Å²) >= 11 is 0. The number of rotatable bonds is 11. The van der Waals surface area contributed by atoms with Crippen LogP contribution in [0.3, 0.4) is 0 Å². The molecule has 1 aromatic heterocycles. The number of ether oxygens (including phenoxy) is 2. The zero-order chi connectivity index (χ0) is 28.0. The summed E-state index contributed by atoms with van der Waals surface area (Å²) in [6.07, 6.45) is 1.22. The molecule has 1 heterocycles. The van der Waals surface area contributed by atoms with Crippen LogP contribution in [-0.4, -0.2) is 42.4 Å². The van der Waals surface area contributed by atoms with Crippen molar-refractivity contribution in [1.82, 2.24) is 4.98 Å². The number of carbonyl (C=O) groups is 2. The fourth-order valence-corrected chi connectivity index (χ4v) is 3.79. The van der Waals surface area contributed by atoms with Crippen molar-refractivity contribution in [3.05, 3.63) is 90.5 Å². The van der Waals surface area contributed by atoms with Crippen LogP contribution in [0.4, 0.5) is 5.82 Å². The van der Waals surface area contributed by atoms with Crippen LogP contribution in [0.2, 0.25) is 0 Å². The van der Waals surface area contributed by atoms with Gasteiger partial charge in [-0.25, -0.2) is 4.98 Å². The van der Waals surface area contributed by atoms with Gasteiger partial charge in [0.2, 0.25) is 0 Å². The smallest absolute Gasteiger partial charge is 0.163 e. The second-order valence-electron chi connectivity index (χ2n) is 8.45. The molecule has 0 aliphatic heterocycles. The number of Topliss-reactive ketones (excluding diaryl/α,β-unsaturated/α-hetero) is 1. The number of benzene rings is 3. The fourth-order valence-electron chi connectivity index (χ4n) is 3.79. The van der Waals surface area contributed by atoms with Gasteiger partial charge in [0.05, 0.1) is 18.9 Å². The average Bonchev–Trinajstić information content (AvgIpc) is 2.98. The van der Waals surface area contributed by atoms with E-state index in [0.717, 1.165) is 34.5 Å². The highest BCUT2D eigenvalue weighted by molar-refractivity contribution is 5.97. The summed E-state index contributed by atoms with van der Waals surface area (Å²) in [5.74, 6) is 2.22. The standard InChI is InChI=1S/C18H16N2O.C14H18O4/c1-19-18-12-15(13-7-9-16(21)10-8-13)11-17(20-18)14-5-3-2-4-6-14;1-3-17-13-8-7-11(10-14(13)18-4-2)12(16)6-5-9-15/h2-12,21H,1H3,(H,19,20);7-10H,3-6H2,1-2H3. The maximum atomic E-state index is 11.8. The summed E-state index contributed by atoms with van der Waals surface area (Å²) in [5, 5.41) is 12.5. The van der Waals surface area contributed by atoms with E-state index in [2.05, 4.69) is 16.4 Å². The fraction of sp³-hybridized carbons (Fsp3) is 0.219.